The number of aliphatic hydroxyl groups is 1. The molecule has 1 aliphatic rings. The van der Waals surface area contributed by atoms with E-state index in [1.165, 1.54) is 0 Å². The molecule has 98 valence electrons. The number of hydrogen-bond donors (Lipinski definition) is 1. The minimum atomic E-state index is -0.207. The second-order valence-electron chi connectivity index (χ2n) is 4.38. The Morgan fingerprint density at radius 3 is 3.11 bits per heavy atom. The van der Waals surface area contributed by atoms with Crippen molar-refractivity contribution >= 4 is 5.97 Å². The van der Waals surface area contributed by atoms with Gasteiger partial charge in [0.25, 0.3) is 0 Å². The Hall–Kier alpha value is -1.55. The van der Waals surface area contributed by atoms with E-state index in [0.29, 0.717) is 26.1 Å². The van der Waals surface area contributed by atoms with Gasteiger partial charge in [-0.1, -0.05) is 12.1 Å². The summed E-state index contributed by atoms with van der Waals surface area (Å²) in [7, 11) is 0. The van der Waals surface area contributed by atoms with Crippen LogP contribution in [0.15, 0.2) is 18.2 Å². The molecule has 0 saturated heterocycles. The molecule has 0 fully saturated rings. The molecule has 1 aliphatic heterocycles. The molecule has 4 heteroatoms. The maximum absolute atomic E-state index is 11.6. The van der Waals surface area contributed by atoms with Crippen LogP contribution in [0.4, 0.5) is 0 Å². The largest absolute Gasteiger partial charge is 0.492 e. The van der Waals surface area contributed by atoms with E-state index in [9.17, 15) is 4.79 Å². The number of esters is 1. The molecule has 1 N–H and O–H groups in total. The lowest BCUT2D eigenvalue weighted by Crippen LogP contribution is -2.29. The fraction of sp³-hybridized carbons (Fsp3) is 0.500. The minimum Gasteiger partial charge on any atom is -0.492 e. The Balaban J connectivity index is 2.08. The molecule has 1 heterocycles. The summed E-state index contributed by atoms with van der Waals surface area (Å²) >= 11 is 0. The van der Waals surface area contributed by atoms with E-state index in [1.54, 1.807) is 6.92 Å². The smallest absolute Gasteiger partial charge is 0.312 e. The first-order chi connectivity index (χ1) is 8.74. The maximum atomic E-state index is 11.6. The summed E-state index contributed by atoms with van der Waals surface area (Å²) in [5, 5.41) is 8.90. The van der Waals surface area contributed by atoms with Crippen molar-refractivity contribution in [3.05, 3.63) is 29.3 Å². The zero-order valence-electron chi connectivity index (χ0n) is 10.5. The Morgan fingerprint density at radius 2 is 2.39 bits per heavy atom. The predicted molar refractivity (Wildman–Crippen MR) is 66.6 cm³/mol. The molecule has 0 aromatic heterocycles. The molecule has 0 aliphatic carbocycles. The van der Waals surface area contributed by atoms with E-state index in [2.05, 4.69) is 0 Å². The number of rotatable bonds is 4. The molecule has 1 atom stereocenters. The average molecular weight is 250 g/mol. The van der Waals surface area contributed by atoms with Gasteiger partial charge >= 0.3 is 5.97 Å². The normalized spacial score (nSPS) is 17.8. The summed E-state index contributed by atoms with van der Waals surface area (Å²) in [6, 6.07) is 5.87. The number of hydrogen-bond acceptors (Lipinski definition) is 4. The Morgan fingerprint density at radius 1 is 1.56 bits per heavy atom. The van der Waals surface area contributed by atoms with Gasteiger partial charge in [0.2, 0.25) is 0 Å². The average Bonchev–Trinajstić information content (AvgIpc) is 2.39. The van der Waals surface area contributed by atoms with Crippen molar-refractivity contribution in [3.63, 3.8) is 0 Å². The van der Waals surface area contributed by atoms with Gasteiger partial charge in [-0.15, -0.1) is 0 Å². The van der Waals surface area contributed by atoms with E-state index < -0.39 is 0 Å². The molecular weight excluding hydrogens is 232 g/mol. The van der Waals surface area contributed by atoms with Crippen LogP contribution in [0.2, 0.25) is 0 Å². The van der Waals surface area contributed by atoms with Crippen molar-refractivity contribution < 1.29 is 19.4 Å². The van der Waals surface area contributed by atoms with Gasteiger partial charge in [0, 0.05) is 6.61 Å². The monoisotopic (exact) mass is 250 g/mol. The molecule has 18 heavy (non-hydrogen) atoms. The van der Waals surface area contributed by atoms with Crippen molar-refractivity contribution in [1.29, 1.82) is 0 Å². The zero-order chi connectivity index (χ0) is 13.0. The van der Waals surface area contributed by atoms with Gasteiger partial charge in [-0.3, -0.25) is 4.79 Å². The molecule has 0 amide bonds. The van der Waals surface area contributed by atoms with Crippen molar-refractivity contribution in [2.45, 2.75) is 19.8 Å². The number of benzene rings is 1. The zero-order valence-corrected chi connectivity index (χ0v) is 10.5. The summed E-state index contributed by atoms with van der Waals surface area (Å²) in [5.41, 5.74) is 2.08. The third-order valence-electron chi connectivity index (χ3n) is 3.06. The van der Waals surface area contributed by atoms with Crippen LogP contribution in [0.25, 0.3) is 0 Å². The van der Waals surface area contributed by atoms with E-state index in [1.807, 2.05) is 18.2 Å². The first kappa shape index (κ1) is 12.9. The first-order valence-corrected chi connectivity index (χ1v) is 6.26. The molecule has 1 unspecified atom stereocenters. The lowest BCUT2D eigenvalue weighted by atomic mass is 9.95. The van der Waals surface area contributed by atoms with Crippen LogP contribution in [0.1, 0.15) is 18.1 Å². The summed E-state index contributed by atoms with van der Waals surface area (Å²) in [4.78, 5) is 11.6. The van der Waals surface area contributed by atoms with E-state index in [-0.39, 0.29) is 18.5 Å². The summed E-state index contributed by atoms with van der Waals surface area (Å²) in [6.07, 6.45) is 1.28. The molecule has 2 rings (SSSR count). The quantitative estimate of drug-likeness (QED) is 0.819. The van der Waals surface area contributed by atoms with Crippen LogP contribution in [0.5, 0.6) is 5.75 Å². The van der Waals surface area contributed by atoms with Crippen molar-refractivity contribution in [3.8, 4) is 5.75 Å². The predicted octanol–water partition coefficient (Wildman–Crippen LogP) is 1.34. The van der Waals surface area contributed by atoms with Crippen LogP contribution in [-0.4, -0.2) is 30.9 Å². The Labute approximate surface area is 107 Å². The fourth-order valence-electron chi connectivity index (χ4n) is 2.11. The number of ether oxygens (including phenoxy) is 2. The van der Waals surface area contributed by atoms with E-state index in [0.717, 1.165) is 16.9 Å². The molecule has 0 radical (unpaired) electrons. The molecule has 4 nitrogen and oxygen atoms in total. The van der Waals surface area contributed by atoms with Gasteiger partial charge in [0.15, 0.2) is 0 Å². The van der Waals surface area contributed by atoms with Gasteiger partial charge in [-0.05, 0) is 37.0 Å². The van der Waals surface area contributed by atoms with Crippen LogP contribution >= 0.6 is 0 Å². The second-order valence-corrected chi connectivity index (χ2v) is 4.38. The highest BCUT2D eigenvalue weighted by molar-refractivity contribution is 5.73. The number of fused-ring (bicyclic) bond motifs is 1. The van der Waals surface area contributed by atoms with Gasteiger partial charge < -0.3 is 14.6 Å². The maximum Gasteiger partial charge on any atom is 0.312 e. The Bertz CT molecular complexity index is 428. The highest BCUT2D eigenvalue weighted by atomic mass is 16.5. The molecule has 0 bridgehead atoms. The lowest BCUT2D eigenvalue weighted by Gasteiger charge is -2.24. The van der Waals surface area contributed by atoms with Crippen LogP contribution in [0, 0.1) is 5.92 Å². The second kappa shape index (κ2) is 5.87. The number of carbonyl (C=O) groups is 1. The highest BCUT2D eigenvalue weighted by Gasteiger charge is 2.27. The summed E-state index contributed by atoms with van der Waals surface area (Å²) in [6.45, 7) is 2.70. The lowest BCUT2D eigenvalue weighted by molar-refractivity contribution is -0.149. The van der Waals surface area contributed by atoms with E-state index >= 15 is 0 Å². The SMILES string of the molecule is CCOC(=O)C1COc2cc(CCO)ccc2C1. The molecule has 0 saturated carbocycles. The van der Waals surface area contributed by atoms with Gasteiger partial charge in [0.05, 0.1) is 12.5 Å². The van der Waals surface area contributed by atoms with Crippen molar-refractivity contribution in [2.24, 2.45) is 5.92 Å². The van der Waals surface area contributed by atoms with E-state index in [4.69, 9.17) is 14.6 Å². The van der Waals surface area contributed by atoms with Crippen molar-refractivity contribution in [1.82, 2.24) is 0 Å². The summed E-state index contributed by atoms with van der Waals surface area (Å²) < 4.78 is 10.6. The number of aliphatic hydroxyl groups excluding tert-OH is 1. The molecule has 1 aromatic carbocycles. The van der Waals surface area contributed by atoms with Gasteiger partial charge in [-0.2, -0.15) is 0 Å². The molecule has 0 spiro atoms. The van der Waals surface area contributed by atoms with Crippen molar-refractivity contribution in [2.75, 3.05) is 19.8 Å². The third-order valence-corrected chi connectivity index (χ3v) is 3.06. The highest BCUT2D eigenvalue weighted by Crippen LogP contribution is 2.29. The standard InChI is InChI=1S/C14H18O4/c1-2-17-14(16)12-8-11-4-3-10(5-6-15)7-13(11)18-9-12/h3-4,7,12,15H,2,5-6,8-9H2,1H3. The van der Waals surface area contributed by atoms with Crippen LogP contribution < -0.4 is 4.74 Å². The van der Waals surface area contributed by atoms with Gasteiger partial charge in [0.1, 0.15) is 12.4 Å². The fourth-order valence-corrected chi connectivity index (χ4v) is 2.11. The first-order valence-electron chi connectivity index (χ1n) is 6.26. The number of carbonyl (C=O) groups excluding carboxylic acids is 1. The third kappa shape index (κ3) is 2.82. The molecular formula is C14H18O4. The summed E-state index contributed by atoms with van der Waals surface area (Å²) in [5.74, 6) is 0.422. The minimum absolute atomic E-state index is 0.129. The van der Waals surface area contributed by atoms with Crippen LogP contribution in [0.3, 0.4) is 0 Å². The Kier molecular flexibility index (Phi) is 4.20. The topological polar surface area (TPSA) is 55.8 Å². The van der Waals surface area contributed by atoms with Crippen LogP contribution in [-0.2, 0) is 22.4 Å². The van der Waals surface area contributed by atoms with Gasteiger partial charge in [-0.25, -0.2) is 0 Å². The molecule has 1 aromatic rings.